The van der Waals surface area contributed by atoms with Gasteiger partial charge in [0.05, 0.1) is 0 Å². The molecule has 28 heavy (non-hydrogen) atoms. The molecule has 2 fully saturated rings. The third kappa shape index (κ3) is 5.21. The highest BCUT2D eigenvalue weighted by Gasteiger charge is 2.30. The molecular weight excluding hydrogens is 360 g/mol. The fourth-order valence-electron chi connectivity index (χ4n) is 3.49. The van der Waals surface area contributed by atoms with Crippen LogP contribution in [0.4, 0.5) is 0 Å². The minimum atomic E-state index is -0.232. The number of aryl methyl sites for hydroxylation is 1. The summed E-state index contributed by atoms with van der Waals surface area (Å²) >= 11 is 0. The van der Waals surface area contributed by atoms with Crippen molar-refractivity contribution in [3.05, 3.63) is 11.7 Å². The third-order valence-corrected chi connectivity index (χ3v) is 5.16. The minimum Gasteiger partial charge on any atom is -0.368 e. The van der Waals surface area contributed by atoms with Crippen LogP contribution in [0.1, 0.15) is 50.7 Å². The van der Waals surface area contributed by atoms with Crippen LogP contribution < -0.4 is 5.32 Å². The normalized spacial score (nSPS) is 20.9. The number of nitrogens with one attached hydrogen (secondary N) is 1. The van der Waals surface area contributed by atoms with Gasteiger partial charge in [0.1, 0.15) is 6.10 Å². The molecule has 156 valence electrons. The number of aromatic nitrogens is 2. The Bertz CT molecular complexity index is 660. The Kier molecular flexibility index (Phi) is 7.24. The average molecular weight is 393 g/mol. The zero-order chi connectivity index (χ0) is 19.9. The number of guanidine groups is 1. The van der Waals surface area contributed by atoms with Crippen LogP contribution in [0.3, 0.4) is 0 Å². The Morgan fingerprint density at radius 1 is 1.29 bits per heavy atom. The Morgan fingerprint density at radius 2 is 2.04 bits per heavy atom. The van der Waals surface area contributed by atoms with Crippen LogP contribution in [-0.4, -0.2) is 84.3 Å². The van der Waals surface area contributed by atoms with Crippen molar-refractivity contribution < 1.29 is 14.1 Å². The topological polar surface area (TPSA) is 96.1 Å². The molecule has 2 aliphatic heterocycles. The SMILES string of the molecule is CN=C(NCCCc1nc(C(C)C)no1)N1CCN(C(=O)C2CCCO2)CC1. The first-order valence-electron chi connectivity index (χ1n) is 10.3. The summed E-state index contributed by atoms with van der Waals surface area (Å²) in [5, 5.41) is 7.39. The largest absolute Gasteiger partial charge is 0.368 e. The standard InChI is InChI=1S/C19H32N6O3/c1-14(2)17-22-16(28-23-17)7-4-8-21-19(20-3)25-11-9-24(10-12-25)18(26)15-6-5-13-27-15/h14-15H,4-13H2,1-3H3,(H,20,21). The Hall–Kier alpha value is -2.16. The van der Waals surface area contributed by atoms with Crippen molar-refractivity contribution in [1.29, 1.82) is 0 Å². The molecule has 1 unspecified atom stereocenters. The predicted octanol–water partition coefficient (Wildman–Crippen LogP) is 1.02. The lowest BCUT2D eigenvalue weighted by Crippen LogP contribution is -2.55. The van der Waals surface area contributed by atoms with Crippen LogP contribution in [0.5, 0.6) is 0 Å². The van der Waals surface area contributed by atoms with Gasteiger partial charge in [-0.25, -0.2) is 0 Å². The molecule has 9 heteroatoms. The van der Waals surface area contributed by atoms with Gasteiger partial charge in [-0.2, -0.15) is 4.98 Å². The van der Waals surface area contributed by atoms with Gasteiger partial charge in [0, 0.05) is 58.7 Å². The summed E-state index contributed by atoms with van der Waals surface area (Å²) in [7, 11) is 1.79. The minimum absolute atomic E-state index is 0.139. The maximum atomic E-state index is 12.5. The number of ether oxygens (including phenoxy) is 1. The average Bonchev–Trinajstić information content (AvgIpc) is 3.40. The molecule has 1 aromatic heterocycles. The number of carbonyl (C=O) groups excluding carboxylic acids is 1. The number of carbonyl (C=O) groups is 1. The van der Waals surface area contributed by atoms with E-state index in [0.29, 0.717) is 25.6 Å². The van der Waals surface area contributed by atoms with Crippen molar-refractivity contribution in [2.24, 2.45) is 4.99 Å². The molecular formula is C19H32N6O3. The molecule has 2 saturated heterocycles. The van der Waals surface area contributed by atoms with Gasteiger partial charge in [-0.1, -0.05) is 19.0 Å². The van der Waals surface area contributed by atoms with Crippen molar-refractivity contribution in [2.45, 2.75) is 51.6 Å². The number of aliphatic imine (C=N–C) groups is 1. The molecule has 0 saturated carbocycles. The van der Waals surface area contributed by atoms with Gasteiger partial charge < -0.3 is 24.4 Å². The summed E-state index contributed by atoms with van der Waals surface area (Å²) in [5.74, 6) is 2.73. The Balaban J connectivity index is 1.37. The molecule has 9 nitrogen and oxygen atoms in total. The monoisotopic (exact) mass is 392 g/mol. The molecule has 0 bridgehead atoms. The fourth-order valence-corrected chi connectivity index (χ4v) is 3.49. The quantitative estimate of drug-likeness (QED) is 0.439. The highest BCUT2D eigenvalue weighted by molar-refractivity contribution is 5.82. The maximum Gasteiger partial charge on any atom is 0.251 e. The number of rotatable bonds is 6. The number of hydrogen-bond acceptors (Lipinski definition) is 6. The highest BCUT2D eigenvalue weighted by Crippen LogP contribution is 2.16. The van der Waals surface area contributed by atoms with Crippen LogP contribution in [0, 0.1) is 0 Å². The lowest BCUT2D eigenvalue weighted by molar-refractivity contribution is -0.142. The van der Waals surface area contributed by atoms with E-state index in [1.165, 1.54) is 0 Å². The van der Waals surface area contributed by atoms with E-state index in [0.717, 1.165) is 57.1 Å². The molecule has 1 aromatic rings. The zero-order valence-electron chi connectivity index (χ0n) is 17.2. The van der Waals surface area contributed by atoms with E-state index in [-0.39, 0.29) is 17.9 Å². The number of hydrogen-bond donors (Lipinski definition) is 1. The van der Waals surface area contributed by atoms with Crippen molar-refractivity contribution in [3.8, 4) is 0 Å². The van der Waals surface area contributed by atoms with Gasteiger partial charge >= 0.3 is 0 Å². The summed E-state index contributed by atoms with van der Waals surface area (Å²) in [5.41, 5.74) is 0. The summed E-state index contributed by atoms with van der Waals surface area (Å²) in [6.07, 6.45) is 3.23. The van der Waals surface area contributed by atoms with E-state index in [4.69, 9.17) is 9.26 Å². The molecule has 1 N–H and O–H groups in total. The summed E-state index contributed by atoms with van der Waals surface area (Å²) in [4.78, 5) is 25.4. The van der Waals surface area contributed by atoms with E-state index in [1.807, 2.05) is 18.7 Å². The number of nitrogens with zero attached hydrogens (tertiary/aromatic N) is 5. The molecule has 3 rings (SSSR count). The third-order valence-electron chi connectivity index (χ3n) is 5.16. The van der Waals surface area contributed by atoms with Gasteiger partial charge in [0.15, 0.2) is 11.8 Å². The van der Waals surface area contributed by atoms with Crippen LogP contribution >= 0.6 is 0 Å². The second kappa shape index (κ2) is 9.86. The molecule has 1 atom stereocenters. The van der Waals surface area contributed by atoms with Crippen molar-refractivity contribution in [3.63, 3.8) is 0 Å². The lowest BCUT2D eigenvalue weighted by atomic mass is 10.2. The second-order valence-electron chi connectivity index (χ2n) is 7.59. The van der Waals surface area contributed by atoms with Crippen LogP contribution in [0.15, 0.2) is 9.52 Å². The summed E-state index contributed by atoms with van der Waals surface area (Å²) in [6, 6.07) is 0. The molecule has 0 radical (unpaired) electrons. The number of piperazine rings is 1. The first-order valence-corrected chi connectivity index (χ1v) is 10.3. The molecule has 0 aliphatic carbocycles. The van der Waals surface area contributed by atoms with Crippen molar-refractivity contribution in [2.75, 3.05) is 46.4 Å². The van der Waals surface area contributed by atoms with Crippen molar-refractivity contribution in [1.82, 2.24) is 25.3 Å². The van der Waals surface area contributed by atoms with E-state index < -0.39 is 0 Å². The molecule has 0 spiro atoms. The first kappa shape index (κ1) is 20.6. The Labute approximate surface area is 166 Å². The predicted molar refractivity (Wildman–Crippen MR) is 105 cm³/mol. The van der Waals surface area contributed by atoms with E-state index in [1.54, 1.807) is 7.05 Å². The maximum absolute atomic E-state index is 12.5. The van der Waals surface area contributed by atoms with E-state index in [9.17, 15) is 4.79 Å². The lowest BCUT2D eigenvalue weighted by Gasteiger charge is -2.37. The summed E-state index contributed by atoms with van der Waals surface area (Å²) in [6.45, 7) is 8.55. The second-order valence-corrected chi connectivity index (χ2v) is 7.59. The number of amides is 1. The van der Waals surface area contributed by atoms with Gasteiger partial charge in [-0.3, -0.25) is 9.79 Å². The van der Waals surface area contributed by atoms with E-state index in [2.05, 4.69) is 25.3 Å². The highest BCUT2D eigenvalue weighted by atomic mass is 16.5. The van der Waals surface area contributed by atoms with Crippen LogP contribution in [-0.2, 0) is 16.0 Å². The van der Waals surface area contributed by atoms with Crippen molar-refractivity contribution >= 4 is 11.9 Å². The molecule has 0 aromatic carbocycles. The van der Waals surface area contributed by atoms with Gasteiger partial charge in [0.25, 0.3) is 5.91 Å². The zero-order valence-corrected chi connectivity index (χ0v) is 17.2. The van der Waals surface area contributed by atoms with Crippen LogP contribution in [0.2, 0.25) is 0 Å². The van der Waals surface area contributed by atoms with Gasteiger partial charge in [-0.15, -0.1) is 0 Å². The molecule has 1 amide bonds. The smallest absolute Gasteiger partial charge is 0.251 e. The Morgan fingerprint density at radius 3 is 2.64 bits per heavy atom. The molecule has 2 aliphatic rings. The van der Waals surface area contributed by atoms with Gasteiger partial charge in [0.2, 0.25) is 5.89 Å². The molecule has 3 heterocycles. The van der Waals surface area contributed by atoms with Gasteiger partial charge in [-0.05, 0) is 19.3 Å². The first-order chi connectivity index (χ1) is 13.6. The summed E-state index contributed by atoms with van der Waals surface area (Å²) < 4.78 is 10.8. The fraction of sp³-hybridized carbons (Fsp3) is 0.789. The van der Waals surface area contributed by atoms with E-state index >= 15 is 0 Å². The van der Waals surface area contributed by atoms with Crippen LogP contribution in [0.25, 0.3) is 0 Å².